The van der Waals surface area contributed by atoms with Crippen LogP contribution in [0.3, 0.4) is 0 Å². The summed E-state index contributed by atoms with van der Waals surface area (Å²) in [5, 5.41) is 6.45. The van der Waals surface area contributed by atoms with Crippen molar-refractivity contribution in [3.05, 3.63) is 53.4 Å². The molecule has 0 radical (unpaired) electrons. The van der Waals surface area contributed by atoms with Crippen molar-refractivity contribution < 1.29 is 18.8 Å². The van der Waals surface area contributed by atoms with E-state index in [9.17, 15) is 9.59 Å². The Hall–Kier alpha value is -2.63. The number of nitrogens with one attached hydrogen (secondary N) is 1. The third kappa shape index (κ3) is 2.72. The minimum Gasteiger partial charge on any atom is -0.464 e. The second kappa shape index (κ2) is 6.01. The van der Waals surface area contributed by atoms with Gasteiger partial charge < -0.3 is 14.6 Å². The molecule has 1 aliphatic rings. The van der Waals surface area contributed by atoms with Crippen LogP contribution in [0, 0.1) is 0 Å². The number of aromatic nitrogens is 1. The van der Waals surface area contributed by atoms with Crippen molar-refractivity contribution in [2.45, 2.75) is 24.8 Å². The summed E-state index contributed by atoms with van der Waals surface area (Å²) >= 11 is 0. The average Bonchev–Trinajstić information content (AvgIpc) is 3.01. The molecule has 2 atom stereocenters. The van der Waals surface area contributed by atoms with E-state index in [0.717, 1.165) is 12.8 Å². The summed E-state index contributed by atoms with van der Waals surface area (Å²) in [6.07, 6.45) is 1.96. The monoisotopic (exact) mass is 300 g/mol. The van der Waals surface area contributed by atoms with E-state index in [-0.39, 0.29) is 23.4 Å². The lowest BCUT2D eigenvalue weighted by Gasteiger charge is -2.37. The summed E-state index contributed by atoms with van der Waals surface area (Å²) in [5.41, 5.74) is 1.20. The first-order valence-electron chi connectivity index (χ1n) is 7.10. The van der Waals surface area contributed by atoms with E-state index in [4.69, 9.17) is 4.52 Å². The van der Waals surface area contributed by atoms with E-state index >= 15 is 0 Å². The molecule has 1 N–H and O–H groups in total. The predicted octanol–water partition coefficient (Wildman–Crippen LogP) is 2.14. The molecule has 0 bridgehead atoms. The van der Waals surface area contributed by atoms with Crippen molar-refractivity contribution in [2.75, 3.05) is 7.11 Å². The van der Waals surface area contributed by atoms with Crippen LogP contribution in [0.4, 0.5) is 0 Å². The van der Waals surface area contributed by atoms with Gasteiger partial charge in [-0.25, -0.2) is 4.79 Å². The van der Waals surface area contributed by atoms with Gasteiger partial charge in [-0.15, -0.1) is 0 Å². The number of carbonyl (C=O) groups is 2. The first-order valence-corrected chi connectivity index (χ1v) is 7.10. The first-order chi connectivity index (χ1) is 10.7. The highest BCUT2D eigenvalue weighted by molar-refractivity contribution is 5.95. The van der Waals surface area contributed by atoms with Crippen LogP contribution in [-0.2, 0) is 4.74 Å². The molecule has 1 aromatic carbocycles. The smallest absolute Gasteiger partial charge is 0.360 e. The highest BCUT2D eigenvalue weighted by atomic mass is 16.5. The second-order valence-electron chi connectivity index (χ2n) is 5.24. The van der Waals surface area contributed by atoms with Crippen LogP contribution >= 0.6 is 0 Å². The maximum atomic E-state index is 12.2. The zero-order chi connectivity index (χ0) is 15.5. The molecule has 2 aromatic rings. The van der Waals surface area contributed by atoms with Crippen LogP contribution in [0.1, 0.15) is 45.4 Å². The molecule has 1 amide bonds. The van der Waals surface area contributed by atoms with Gasteiger partial charge in [0.05, 0.1) is 7.11 Å². The molecule has 0 saturated heterocycles. The van der Waals surface area contributed by atoms with Crippen molar-refractivity contribution in [1.82, 2.24) is 10.5 Å². The second-order valence-corrected chi connectivity index (χ2v) is 5.24. The number of esters is 1. The molecule has 22 heavy (non-hydrogen) atoms. The third-order valence-corrected chi connectivity index (χ3v) is 3.95. The standard InChI is InChI=1S/C16H16N2O4/c1-21-16(20)13-9-14(22-18-13)15(19)17-12-8-7-11(12)10-5-3-2-4-6-10/h2-6,9,11-12H,7-8H2,1H3,(H,17,19)/t11-,12-/m1/s1. The van der Waals surface area contributed by atoms with Crippen molar-refractivity contribution >= 4 is 11.9 Å². The molecule has 0 unspecified atom stereocenters. The molecule has 1 aromatic heterocycles. The van der Waals surface area contributed by atoms with Crippen molar-refractivity contribution in [2.24, 2.45) is 0 Å². The maximum Gasteiger partial charge on any atom is 0.360 e. The van der Waals surface area contributed by atoms with Gasteiger partial charge in [0.25, 0.3) is 5.91 Å². The fraction of sp³-hybridized carbons (Fsp3) is 0.312. The van der Waals surface area contributed by atoms with Crippen LogP contribution in [0.2, 0.25) is 0 Å². The maximum absolute atomic E-state index is 12.2. The lowest BCUT2D eigenvalue weighted by atomic mass is 9.75. The quantitative estimate of drug-likeness (QED) is 0.875. The zero-order valence-electron chi connectivity index (χ0n) is 12.1. The molecule has 6 nitrogen and oxygen atoms in total. The van der Waals surface area contributed by atoms with E-state index in [1.54, 1.807) is 0 Å². The number of benzene rings is 1. The highest BCUT2D eigenvalue weighted by Gasteiger charge is 2.34. The highest BCUT2D eigenvalue weighted by Crippen LogP contribution is 2.36. The Morgan fingerprint density at radius 1 is 1.27 bits per heavy atom. The van der Waals surface area contributed by atoms with Crippen molar-refractivity contribution in [3.63, 3.8) is 0 Å². The van der Waals surface area contributed by atoms with Gasteiger partial charge in [0, 0.05) is 18.0 Å². The van der Waals surface area contributed by atoms with Gasteiger partial charge in [0.1, 0.15) is 0 Å². The topological polar surface area (TPSA) is 81.4 Å². The van der Waals surface area contributed by atoms with Gasteiger partial charge in [0.15, 0.2) is 5.69 Å². The number of amides is 1. The number of ether oxygens (including phenoxy) is 1. The number of methoxy groups -OCH3 is 1. The molecular formula is C16H16N2O4. The number of nitrogens with zero attached hydrogens (tertiary/aromatic N) is 1. The molecular weight excluding hydrogens is 284 g/mol. The number of hydrogen-bond donors (Lipinski definition) is 1. The number of rotatable bonds is 4. The van der Waals surface area contributed by atoms with E-state index in [1.807, 2.05) is 18.2 Å². The van der Waals surface area contributed by atoms with Crippen molar-refractivity contribution in [3.8, 4) is 0 Å². The normalized spacial score (nSPS) is 20.0. The Bertz CT molecular complexity index is 680. The van der Waals surface area contributed by atoms with Gasteiger partial charge in [-0.2, -0.15) is 0 Å². The van der Waals surface area contributed by atoms with E-state index < -0.39 is 5.97 Å². The Balaban J connectivity index is 1.65. The van der Waals surface area contributed by atoms with Crippen LogP contribution < -0.4 is 5.32 Å². The SMILES string of the molecule is COC(=O)c1cc(C(=O)N[C@@H]2CC[C@@H]2c2ccccc2)on1. The van der Waals surface area contributed by atoms with E-state index in [0.29, 0.717) is 5.92 Å². The van der Waals surface area contributed by atoms with Crippen LogP contribution in [0.5, 0.6) is 0 Å². The summed E-state index contributed by atoms with van der Waals surface area (Å²) in [7, 11) is 1.25. The lowest BCUT2D eigenvalue weighted by Crippen LogP contribution is -2.45. The summed E-state index contributed by atoms with van der Waals surface area (Å²) in [5.74, 6) is -0.672. The van der Waals surface area contributed by atoms with Crippen LogP contribution in [0.25, 0.3) is 0 Å². The molecule has 1 aliphatic carbocycles. The van der Waals surface area contributed by atoms with Gasteiger partial charge in [0.2, 0.25) is 5.76 Å². The van der Waals surface area contributed by atoms with Gasteiger partial charge in [-0.05, 0) is 18.4 Å². The van der Waals surface area contributed by atoms with Crippen LogP contribution in [-0.4, -0.2) is 30.2 Å². The zero-order valence-corrected chi connectivity index (χ0v) is 12.1. The van der Waals surface area contributed by atoms with Gasteiger partial charge >= 0.3 is 5.97 Å². The molecule has 114 valence electrons. The first kappa shape index (κ1) is 14.3. The van der Waals surface area contributed by atoms with Gasteiger partial charge in [-0.3, -0.25) is 4.79 Å². The van der Waals surface area contributed by atoms with Crippen LogP contribution in [0.15, 0.2) is 40.9 Å². The molecule has 3 rings (SSSR count). The summed E-state index contributed by atoms with van der Waals surface area (Å²) < 4.78 is 9.42. The molecule has 1 heterocycles. The summed E-state index contributed by atoms with van der Waals surface area (Å²) in [6, 6.07) is 11.4. The fourth-order valence-corrected chi connectivity index (χ4v) is 2.59. The molecule has 1 fully saturated rings. The largest absolute Gasteiger partial charge is 0.464 e. The molecule has 6 heteroatoms. The molecule has 0 spiro atoms. The minimum atomic E-state index is -0.631. The Morgan fingerprint density at radius 2 is 2.05 bits per heavy atom. The predicted molar refractivity (Wildman–Crippen MR) is 77.5 cm³/mol. The van der Waals surface area contributed by atoms with Crippen molar-refractivity contribution in [1.29, 1.82) is 0 Å². The molecule has 0 aliphatic heterocycles. The Labute approximate surface area is 127 Å². The number of hydrogen-bond acceptors (Lipinski definition) is 5. The van der Waals surface area contributed by atoms with E-state index in [1.165, 1.54) is 18.7 Å². The number of carbonyl (C=O) groups excluding carboxylic acids is 2. The minimum absolute atomic E-state index is 0.0131. The Morgan fingerprint density at radius 3 is 2.68 bits per heavy atom. The third-order valence-electron chi connectivity index (χ3n) is 3.95. The average molecular weight is 300 g/mol. The summed E-state index contributed by atoms with van der Waals surface area (Å²) in [4.78, 5) is 23.5. The van der Waals surface area contributed by atoms with Gasteiger partial charge in [-0.1, -0.05) is 35.5 Å². The molecule has 1 saturated carbocycles. The lowest BCUT2D eigenvalue weighted by molar-refractivity contribution is 0.0588. The van der Waals surface area contributed by atoms with E-state index in [2.05, 4.69) is 27.3 Å². The summed E-state index contributed by atoms with van der Waals surface area (Å²) in [6.45, 7) is 0. The Kier molecular flexibility index (Phi) is 3.91. The fourth-order valence-electron chi connectivity index (χ4n) is 2.59.